The van der Waals surface area contributed by atoms with Gasteiger partial charge in [0.05, 0.1) is 4.92 Å². The van der Waals surface area contributed by atoms with Crippen LogP contribution in [-0.4, -0.2) is 44.5 Å². The molecule has 1 aromatic rings. The third kappa shape index (κ3) is 2.95. The van der Waals surface area contributed by atoms with Crippen LogP contribution in [0.1, 0.15) is 10.4 Å². The Balaban J connectivity index is 2.30. The van der Waals surface area contributed by atoms with Crippen molar-refractivity contribution in [2.75, 3.05) is 24.6 Å². The van der Waals surface area contributed by atoms with Crippen molar-refractivity contribution in [3.8, 4) is 0 Å². The summed E-state index contributed by atoms with van der Waals surface area (Å²) in [5, 5.41) is 10.8. The number of carbonyl (C=O) groups is 1. The van der Waals surface area contributed by atoms with E-state index in [0.717, 1.165) is 18.2 Å². The first-order valence-corrected chi connectivity index (χ1v) is 7.06. The third-order valence-corrected chi connectivity index (χ3v) is 4.13. The second kappa shape index (κ2) is 5.43. The Morgan fingerprint density at radius 3 is 2.58 bits per heavy atom. The van der Waals surface area contributed by atoms with Crippen LogP contribution in [0.4, 0.5) is 10.1 Å². The number of amides is 1. The highest BCUT2D eigenvalue weighted by Gasteiger charge is 2.27. The normalized spacial score (nSPS) is 16.4. The van der Waals surface area contributed by atoms with Crippen molar-refractivity contribution in [2.24, 2.45) is 0 Å². The maximum Gasteiger partial charge on any atom is 0.282 e. The van der Waals surface area contributed by atoms with Gasteiger partial charge >= 0.3 is 0 Å². The third-order valence-electron chi connectivity index (χ3n) is 2.85. The average Bonchev–Trinajstić information content (AvgIpc) is 2.38. The van der Waals surface area contributed by atoms with Crippen LogP contribution in [0.25, 0.3) is 0 Å². The molecule has 8 heteroatoms. The van der Waals surface area contributed by atoms with Crippen LogP contribution in [0.15, 0.2) is 18.2 Å². The van der Waals surface area contributed by atoms with Crippen LogP contribution in [0.2, 0.25) is 0 Å². The molecule has 1 saturated heterocycles. The van der Waals surface area contributed by atoms with Gasteiger partial charge in [-0.2, -0.15) is 0 Å². The van der Waals surface area contributed by atoms with Gasteiger partial charge in [0.1, 0.15) is 11.4 Å². The minimum absolute atomic E-state index is 0.263. The molecule has 0 unspecified atom stereocenters. The summed E-state index contributed by atoms with van der Waals surface area (Å²) in [5.41, 5.74) is -0.684. The van der Waals surface area contributed by atoms with Crippen molar-refractivity contribution in [3.05, 3.63) is 39.7 Å². The van der Waals surface area contributed by atoms with Gasteiger partial charge in [-0.25, -0.2) is 4.39 Å². The van der Waals surface area contributed by atoms with Crippen LogP contribution in [0, 0.1) is 15.9 Å². The lowest BCUT2D eigenvalue weighted by molar-refractivity contribution is -0.385. The van der Waals surface area contributed by atoms with E-state index < -0.39 is 33.1 Å². The van der Waals surface area contributed by atoms with Gasteiger partial charge in [0, 0.05) is 41.5 Å². The van der Waals surface area contributed by atoms with Crippen molar-refractivity contribution in [1.82, 2.24) is 4.90 Å². The summed E-state index contributed by atoms with van der Waals surface area (Å²) in [6.45, 7) is 0.526. The molecule has 2 rings (SSSR count). The van der Waals surface area contributed by atoms with E-state index in [9.17, 15) is 23.5 Å². The Hall–Kier alpha value is -1.83. The summed E-state index contributed by atoms with van der Waals surface area (Å²) in [7, 11) is -0.954. The molecule has 0 saturated carbocycles. The summed E-state index contributed by atoms with van der Waals surface area (Å²) >= 11 is 0. The molecule has 1 fully saturated rings. The Kier molecular flexibility index (Phi) is 3.89. The Labute approximate surface area is 110 Å². The Bertz CT molecular complexity index is 554. The van der Waals surface area contributed by atoms with Crippen LogP contribution < -0.4 is 0 Å². The highest BCUT2D eigenvalue weighted by molar-refractivity contribution is 7.85. The Morgan fingerprint density at radius 2 is 2.00 bits per heavy atom. The molecule has 0 aliphatic carbocycles. The molecule has 0 aromatic heterocycles. The van der Waals surface area contributed by atoms with Gasteiger partial charge in [-0.05, 0) is 12.1 Å². The average molecular weight is 286 g/mol. The minimum Gasteiger partial charge on any atom is -0.337 e. The van der Waals surface area contributed by atoms with Gasteiger partial charge in [0.25, 0.3) is 11.6 Å². The molecule has 0 radical (unpaired) electrons. The zero-order valence-corrected chi connectivity index (χ0v) is 10.7. The number of carbonyl (C=O) groups excluding carboxylic acids is 1. The number of rotatable bonds is 2. The molecule has 102 valence electrons. The van der Waals surface area contributed by atoms with E-state index in [0.29, 0.717) is 11.5 Å². The standard InChI is InChI=1S/C11H11FN2O4S/c12-8-1-2-10(14(16)17)9(7-8)11(15)13-3-5-19(18)6-4-13/h1-2,7H,3-6H2. The van der Waals surface area contributed by atoms with E-state index in [2.05, 4.69) is 0 Å². The summed E-state index contributed by atoms with van der Waals surface area (Å²) in [4.78, 5) is 23.6. The fourth-order valence-corrected chi connectivity index (χ4v) is 2.90. The first-order valence-electron chi connectivity index (χ1n) is 5.57. The number of nitro groups is 1. The molecule has 0 N–H and O–H groups in total. The summed E-state index contributed by atoms with van der Waals surface area (Å²) in [6, 6.07) is 2.79. The minimum atomic E-state index is -0.954. The molecule has 1 heterocycles. The molecule has 0 atom stereocenters. The van der Waals surface area contributed by atoms with Crippen LogP contribution in [0.3, 0.4) is 0 Å². The zero-order valence-electron chi connectivity index (χ0n) is 9.87. The lowest BCUT2D eigenvalue weighted by Crippen LogP contribution is -2.42. The lowest BCUT2D eigenvalue weighted by Gasteiger charge is -2.26. The van der Waals surface area contributed by atoms with Crippen molar-refractivity contribution in [2.45, 2.75) is 0 Å². The van der Waals surface area contributed by atoms with E-state index in [1.807, 2.05) is 0 Å². The van der Waals surface area contributed by atoms with Crippen LogP contribution in [-0.2, 0) is 10.8 Å². The van der Waals surface area contributed by atoms with Gasteiger partial charge in [-0.3, -0.25) is 19.1 Å². The lowest BCUT2D eigenvalue weighted by atomic mass is 10.1. The number of benzene rings is 1. The molecule has 1 aromatic carbocycles. The second-order valence-electron chi connectivity index (χ2n) is 4.06. The van der Waals surface area contributed by atoms with E-state index >= 15 is 0 Å². The van der Waals surface area contributed by atoms with E-state index in [1.54, 1.807) is 0 Å². The highest BCUT2D eigenvalue weighted by Crippen LogP contribution is 2.21. The number of halogens is 1. The van der Waals surface area contributed by atoms with Gasteiger partial charge in [-0.15, -0.1) is 0 Å². The monoisotopic (exact) mass is 286 g/mol. The molecular weight excluding hydrogens is 275 g/mol. The second-order valence-corrected chi connectivity index (χ2v) is 5.76. The first kappa shape index (κ1) is 13.6. The SMILES string of the molecule is O=C(c1cc(F)ccc1[N+](=O)[O-])N1CCS(=O)CC1. The number of hydrogen-bond acceptors (Lipinski definition) is 4. The highest BCUT2D eigenvalue weighted by atomic mass is 32.2. The van der Waals surface area contributed by atoms with E-state index in [-0.39, 0.29) is 18.7 Å². The fraction of sp³-hybridized carbons (Fsp3) is 0.364. The van der Waals surface area contributed by atoms with E-state index in [1.165, 1.54) is 4.90 Å². The van der Waals surface area contributed by atoms with Crippen molar-refractivity contribution >= 4 is 22.4 Å². The molecule has 1 amide bonds. The van der Waals surface area contributed by atoms with Gasteiger partial charge in [0.15, 0.2) is 0 Å². The largest absolute Gasteiger partial charge is 0.337 e. The first-order chi connectivity index (χ1) is 8.99. The summed E-state index contributed by atoms with van der Waals surface area (Å²) < 4.78 is 24.4. The van der Waals surface area contributed by atoms with E-state index in [4.69, 9.17) is 0 Å². The number of hydrogen-bond donors (Lipinski definition) is 0. The summed E-state index contributed by atoms with van der Waals surface area (Å²) in [6.07, 6.45) is 0. The predicted octanol–water partition coefficient (Wildman–Crippen LogP) is 0.938. The topological polar surface area (TPSA) is 80.5 Å². The van der Waals surface area contributed by atoms with Crippen LogP contribution >= 0.6 is 0 Å². The molecule has 0 bridgehead atoms. The molecule has 1 aliphatic rings. The predicted molar refractivity (Wildman–Crippen MR) is 66.8 cm³/mol. The molecule has 6 nitrogen and oxygen atoms in total. The maximum absolute atomic E-state index is 13.2. The Morgan fingerprint density at radius 1 is 1.37 bits per heavy atom. The van der Waals surface area contributed by atoms with Crippen molar-refractivity contribution < 1.29 is 18.3 Å². The van der Waals surface area contributed by atoms with Crippen molar-refractivity contribution in [3.63, 3.8) is 0 Å². The van der Waals surface area contributed by atoms with Gasteiger partial charge < -0.3 is 4.90 Å². The smallest absolute Gasteiger partial charge is 0.282 e. The van der Waals surface area contributed by atoms with Gasteiger partial charge in [-0.1, -0.05) is 0 Å². The van der Waals surface area contributed by atoms with Crippen molar-refractivity contribution in [1.29, 1.82) is 0 Å². The number of nitrogens with zero attached hydrogens (tertiary/aromatic N) is 2. The molecule has 0 spiro atoms. The molecule has 1 aliphatic heterocycles. The van der Waals surface area contributed by atoms with Crippen LogP contribution in [0.5, 0.6) is 0 Å². The summed E-state index contributed by atoms with van der Waals surface area (Å²) in [5.74, 6) is -0.610. The quantitative estimate of drug-likeness (QED) is 0.598. The molecular formula is C11H11FN2O4S. The number of nitro benzene ring substituents is 1. The van der Waals surface area contributed by atoms with Gasteiger partial charge in [0.2, 0.25) is 0 Å². The zero-order chi connectivity index (χ0) is 14.0. The molecule has 19 heavy (non-hydrogen) atoms. The maximum atomic E-state index is 13.2. The fourth-order valence-electron chi connectivity index (χ4n) is 1.85.